The smallest absolute Gasteiger partial charge is 0.134 e. The molecule has 21 heavy (non-hydrogen) atoms. The number of para-hydroxylation sites is 1. The van der Waals surface area contributed by atoms with Crippen LogP contribution in [-0.4, -0.2) is 6.54 Å². The van der Waals surface area contributed by atoms with Crippen LogP contribution in [0.25, 0.3) is 11.0 Å². The molecule has 1 heterocycles. The number of benzene rings is 1. The molecule has 0 saturated carbocycles. The van der Waals surface area contributed by atoms with Gasteiger partial charge in [0.15, 0.2) is 0 Å². The Morgan fingerprint density at radius 1 is 1.10 bits per heavy atom. The van der Waals surface area contributed by atoms with Gasteiger partial charge in [0, 0.05) is 23.4 Å². The summed E-state index contributed by atoms with van der Waals surface area (Å²) in [6.45, 7) is 10.1. The van der Waals surface area contributed by atoms with Crippen molar-refractivity contribution in [2.45, 2.75) is 59.4 Å². The van der Waals surface area contributed by atoms with Gasteiger partial charge in [0.05, 0.1) is 0 Å². The Morgan fingerprint density at radius 3 is 2.52 bits per heavy atom. The van der Waals surface area contributed by atoms with Crippen LogP contribution >= 0.6 is 0 Å². The van der Waals surface area contributed by atoms with E-state index in [4.69, 9.17) is 4.42 Å². The second-order valence-electron chi connectivity index (χ2n) is 6.27. The molecule has 1 N–H and O–H groups in total. The lowest BCUT2D eigenvalue weighted by Gasteiger charge is -2.20. The van der Waals surface area contributed by atoms with Crippen molar-refractivity contribution in [3.8, 4) is 0 Å². The number of rotatable bonds is 8. The number of aryl methyl sites for hydroxylation is 1. The molecule has 2 aromatic rings. The maximum Gasteiger partial charge on any atom is 0.134 e. The quantitative estimate of drug-likeness (QED) is 0.696. The van der Waals surface area contributed by atoms with Gasteiger partial charge >= 0.3 is 0 Å². The van der Waals surface area contributed by atoms with Gasteiger partial charge in [0.1, 0.15) is 11.3 Å². The number of nitrogens with one attached hydrogen (secondary N) is 1. The van der Waals surface area contributed by atoms with E-state index < -0.39 is 0 Å². The Morgan fingerprint density at radius 2 is 1.86 bits per heavy atom. The molecule has 1 unspecified atom stereocenters. The SMILES string of the molecule is CCCNC(CCC(C)C)c1c(CC)oc2ccccc12. The first-order chi connectivity index (χ1) is 10.2. The van der Waals surface area contributed by atoms with Crippen LogP contribution in [-0.2, 0) is 6.42 Å². The average molecular weight is 287 g/mol. The van der Waals surface area contributed by atoms with E-state index in [1.165, 1.54) is 23.8 Å². The van der Waals surface area contributed by atoms with Gasteiger partial charge in [-0.2, -0.15) is 0 Å². The topological polar surface area (TPSA) is 25.2 Å². The lowest BCUT2D eigenvalue weighted by atomic mass is 9.94. The van der Waals surface area contributed by atoms with Crippen molar-refractivity contribution in [3.63, 3.8) is 0 Å². The maximum absolute atomic E-state index is 6.08. The van der Waals surface area contributed by atoms with Gasteiger partial charge in [0.2, 0.25) is 0 Å². The van der Waals surface area contributed by atoms with Crippen LogP contribution in [0.1, 0.15) is 64.3 Å². The minimum atomic E-state index is 0.408. The van der Waals surface area contributed by atoms with Crippen LogP contribution < -0.4 is 5.32 Å². The summed E-state index contributed by atoms with van der Waals surface area (Å²) in [6, 6.07) is 8.85. The van der Waals surface area contributed by atoms with Gasteiger partial charge in [-0.1, -0.05) is 45.9 Å². The van der Waals surface area contributed by atoms with E-state index in [0.717, 1.165) is 36.6 Å². The zero-order valence-electron chi connectivity index (χ0n) is 13.9. The first-order valence-corrected chi connectivity index (χ1v) is 8.41. The molecule has 1 aromatic heterocycles. The fraction of sp³-hybridized carbons (Fsp3) is 0.579. The van der Waals surface area contributed by atoms with Gasteiger partial charge < -0.3 is 9.73 Å². The third kappa shape index (κ3) is 3.88. The molecule has 0 aliphatic rings. The minimum Gasteiger partial charge on any atom is -0.461 e. The van der Waals surface area contributed by atoms with E-state index >= 15 is 0 Å². The Kier molecular flexibility index (Phi) is 5.86. The first-order valence-electron chi connectivity index (χ1n) is 8.41. The molecule has 116 valence electrons. The predicted octanol–water partition coefficient (Wildman–Crippen LogP) is 5.47. The molecule has 0 aliphatic carbocycles. The third-order valence-corrected chi connectivity index (χ3v) is 4.05. The molecule has 0 bridgehead atoms. The number of hydrogen-bond acceptors (Lipinski definition) is 2. The number of hydrogen-bond donors (Lipinski definition) is 1. The van der Waals surface area contributed by atoms with E-state index in [2.05, 4.69) is 57.3 Å². The molecule has 0 spiro atoms. The van der Waals surface area contributed by atoms with Gasteiger partial charge in [-0.25, -0.2) is 0 Å². The van der Waals surface area contributed by atoms with Crippen molar-refractivity contribution >= 4 is 11.0 Å². The van der Waals surface area contributed by atoms with Crippen molar-refractivity contribution in [1.82, 2.24) is 5.32 Å². The predicted molar refractivity (Wildman–Crippen MR) is 90.7 cm³/mol. The van der Waals surface area contributed by atoms with E-state index in [-0.39, 0.29) is 0 Å². The molecule has 1 aromatic carbocycles. The van der Waals surface area contributed by atoms with Crippen LogP contribution in [0.5, 0.6) is 0 Å². The molecule has 2 nitrogen and oxygen atoms in total. The highest BCUT2D eigenvalue weighted by Gasteiger charge is 2.21. The van der Waals surface area contributed by atoms with E-state index in [0.29, 0.717) is 6.04 Å². The second-order valence-corrected chi connectivity index (χ2v) is 6.27. The molecule has 0 radical (unpaired) electrons. The van der Waals surface area contributed by atoms with Crippen LogP contribution in [0.4, 0.5) is 0 Å². The Balaban J connectivity index is 2.36. The van der Waals surface area contributed by atoms with Crippen molar-refractivity contribution in [2.75, 3.05) is 6.54 Å². The lowest BCUT2D eigenvalue weighted by molar-refractivity contribution is 0.432. The molecular formula is C19H29NO. The minimum absolute atomic E-state index is 0.408. The van der Waals surface area contributed by atoms with Crippen molar-refractivity contribution in [2.24, 2.45) is 5.92 Å². The summed E-state index contributed by atoms with van der Waals surface area (Å²) < 4.78 is 6.08. The summed E-state index contributed by atoms with van der Waals surface area (Å²) in [5.74, 6) is 1.88. The summed E-state index contributed by atoms with van der Waals surface area (Å²) in [4.78, 5) is 0. The van der Waals surface area contributed by atoms with Crippen LogP contribution in [0.15, 0.2) is 28.7 Å². The van der Waals surface area contributed by atoms with Gasteiger partial charge in [-0.3, -0.25) is 0 Å². The van der Waals surface area contributed by atoms with Crippen LogP contribution in [0, 0.1) is 5.92 Å². The van der Waals surface area contributed by atoms with E-state index in [9.17, 15) is 0 Å². The van der Waals surface area contributed by atoms with E-state index in [1.807, 2.05) is 0 Å². The van der Waals surface area contributed by atoms with E-state index in [1.54, 1.807) is 0 Å². The molecule has 0 aliphatic heterocycles. The molecule has 2 heteroatoms. The summed E-state index contributed by atoms with van der Waals surface area (Å²) in [7, 11) is 0. The zero-order chi connectivity index (χ0) is 15.2. The van der Waals surface area contributed by atoms with Crippen molar-refractivity contribution < 1.29 is 4.42 Å². The fourth-order valence-electron chi connectivity index (χ4n) is 2.93. The Hall–Kier alpha value is -1.28. The zero-order valence-corrected chi connectivity index (χ0v) is 13.9. The summed E-state index contributed by atoms with van der Waals surface area (Å²) >= 11 is 0. The first kappa shape index (κ1) is 16.1. The normalized spacial score (nSPS) is 13.2. The molecule has 0 fully saturated rings. The summed E-state index contributed by atoms with van der Waals surface area (Å²) in [6.07, 6.45) is 4.53. The summed E-state index contributed by atoms with van der Waals surface area (Å²) in [5, 5.41) is 5.02. The molecule has 2 rings (SSSR count). The highest BCUT2D eigenvalue weighted by molar-refractivity contribution is 5.82. The van der Waals surface area contributed by atoms with Crippen molar-refractivity contribution in [1.29, 1.82) is 0 Å². The van der Waals surface area contributed by atoms with Gasteiger partial charge in [-0.05, 0) is 37.8 Å². The van der Waals surface area contributed by atoms with Gasteiger partial charge in [0.25, 0.3) is 0 Å². The molecule has 0 saturated heterocycles. The van der Waals surface area contributed by atoms with Crippen LogP contribution in [0.3, 0.4) is 0 Å². The standard InChI is InChI=1S/C19H29NO/c1-5-13-20-16(12-11-14(3)4)19-15-9-7-8-10-18(15)21-17(19)6-2/h7-10,14,16,20H,5-6,11-13H2,1-4H3. The number of fused-ring (bicyclic) bond motifs is 1. The monoisotopic (exact) mass is 287 g/mol. The molecular weight excluding hydrogens is 258 g/mol. The molecule has 1 atom stereocenters. The highest BCUT2D eigenvalue weighted by Crippen LogP contribution is 2.34. The Labute approximate surface area is 128 Å². The second kappa shape index (κ2) is 7.65. The lowest BCUT2D eigenvalue weighted by Crippen LogP contribution is -2.23. The largest absolute Gasteiger partial charge is 0.461 e. The average Bonchev–Trinajstić information content (AvgIpc) is 2.86. The van der Waals surface area contributed by atoms with Crippen molar-refractivity contribution in [3.05, 3.63) is 35.6 Å². The number of furan rings is 1. The van der Waals surface area contributed by atoms with Gasteiger partial charge in [-0.15, -0.1) is 0 Å². The van der Waals surface area contributed by atoms with Crippen LogP contribution in [0.2, 0.25) is 0 Å². The fourth-order valence-corrected chi connectivity index (χ4v) is 2.93. The molecule has 0 amide bonds. The summed E-state index contributed by atoms with van der Waals surface area (Å²) in [5.41, 5.74) is 2.42. The Bertz CT molecular complexity index is 556. The third-order valence-electron chi connectivity index (χ3n) is 4.05. The highest BCUT2D eigenvalue weighted by atomic mass is 16.3. The maximum atomic E-state index is 6.08.